The third-order valence-electron chi connectivity index (χ3n) is 5.58. The van der Waals surface area contributed by atoms with Crippen molar-refractivity contribution < 1.29 is 13.9 Å². The molecule has 4 rings (SSSR count). The molecule has 7 heteroatoms. The van der Waals surface area contributed by atoms with Gasteiger partial charge in [-0.25, -0.2) is 9.38 Å². The van der Waals surface area contributed by atoms with Gasteiger partial charge in [-0.1, -0.05) is 6.08 Å². The molecule has 0 radical (unpaired) electrons. The summed E-state index contributed by atoms with van der Waals surface area (Å²) in [6.07, 6.45) is 3.75. The van der Waals surface area contributed by atoms with E-state index in [-0.39, 0.29) is 17.3 Å². The number of thioether (sulfide) groups is 1. The average molecular weight is 438 g/mol. The van der Waals surface area contributed by atoms with E-state index in [1.165, 1.54) is 11.8 Å². The lowest BCUT2D eigenvalue weighted by atomic mass is 9.88. The lowest BCUT2D eigenvalue weighted by molar-refractivity contribution is -0.115. The molecule has 2 aliphatic rings. The number of halogens is 1. The van der Waals surface area contributed by atoms with Gasteiger partial charge in [0.05, 0.1) is 23.2 Å². The predicted molar refractivity (Wildman–Crippen MR) is 126 cm³/mol. The van der Waals surface area contributed by atoms with Crippen LogP contribution in [0.1, 0.15) is 31.9 Å². The minimum atomic E-state index is -0.363. The molecule has 160 valence electrons. The van der Waals surface area contributed by atoms with Crippen LogP contribution in [0.25, 0.3) is 11.6 Å². The fourth-order valence-electron chi connectivity index (χ4n) is 3.69. The van der Waals surface area contributed by atoms with Crippen molar-refractivity contribution in [2.45, 2.75) is 26.3 Å². The van der Waals surface area contributed by atoms with Crippen LogP contribution in [-0.2, 0) is 4.79 Å². The van der Waals surface area contributed by atoms with Crippen LogP contribution in [0.15, 0.2) is 52.4 Å². The fraction of sp³-hybridized carbons (Fsp3) is 0.250. The van der Waals surface area contributed by atoms with Gasteiger partial charge in [-0.05, 0) is 80.6 Å². The van der Waals surface area contributed by atoms with Gasteiger partial charge >= 0.3 is 0 Å². The number of fused-ring (bicyclic) bond motifs is 1. The summed E-state index contributed by atoms with van der Waals surface area (Å²) in [5.74, 6) is 0.0753. The van der Waals surface area contributed by atoms with E-state index in [2.05, 4.69) is 35.1 Å². The summed E-state index contributed by atoms with van der Waals surface area (Å²) in [4.78, 5) is 19.3. The normalized spacial score (nSPS) is 20.0. The molecule has 1 saturated heterocycles. The van der Waals surface area contributed by atoms with E-state index in [9.17, 15) is 9.18 Å². The summed E-state index contributed by atoms with van der Waals surface area (Å²) in [6.45, 7) is 6.21. The molecule has 1 N–H and O–H groups in total. The van der Waals surface area contributed by atoms with Gasteiger partial charge in [-0.2, -0.15) is 0 Å². The highest BCUT2D eigenvalue weighted by atomic mass is 32.2. The zero-order chi connectivity index (χ0) is 22.3. The maximum Gasteiger partial charge on any atom is 0.264 e. The van der Waals surface area contributed by atoms with E-state index >= 15 is 0 Å². The number of hydrogen-bond donors (Lipinski definition) is 1. The lowest BCUT2D eigenvalue weighted by Gasteiger charge is -2.40. The SMILES string of the molecule is COc1ccc(N=C2NC(=O)/C(=C\c3cc4c(cc3F)N(C)C(C)(C)C=C4C)S2)cc1. The standard InChI is InChI=1S/C24H24FN3O2S/c1-14-13-24(2,3)28(4)20-12-19(25)15(10-18(14)20)11-21-22(29)27-23(31-21)26-16-6-8-17(30-5)9-7-16/h6-13H,1-5H3,(H,26,27,29)/b21-11+. The zero-order valence-electron chi connectivity index (χ0n) is 18.1. The molecule has 0 saturated carbocycles. The molecule has 2 aliphatic heterocycles. The van der Waals surface area contributed by atoms with Crippen molar-refractivity contribution in [1.29, 1.82) is 0 Å². The average Bonchev–Trinajstić information content (AvgIpc) is 3.06. The maximum absolute atomic E-state index is 15.0. The molecule has 0 unspecified atom stereocenters. The molecule has 2 aromatic rings. The van der Waals surface area contributed by atoms with E-state index in [0.717, 1.165) is 22.6 Å². The Balaban J connectivity index is 1.64. The van der Waals surface area contributed by atoms with Crippen LogP contribution in [0, 0.1) is 5.82 Å². The zero-order valence-corrected chi connectivity index (χ0v) is 18.9. The Bertz CT molecular complexity index is 1150. The van der Waals surface area contributed by atoms with Gasteiger partial charge in [0.1, 0.15) is 11.6 Å². The molecule has 0 aliphatic carbocycles. The van der Waals surface area contributed by atoms with Gasteiger partial charge in [-0.3, -0.25) is 4.79 Å². The third kappa shape index (κ3) is 4.10. The first-order chi connectivity index (χ1) is 14.7. The molecule has 2 heterocycles. The van der Waals surface area contributed by atoms with Gasteiger partial charge in [0.2, 0.25) is 0 Å². The minimum Gasteiger partial charge on any atom is -0.497 e. The largest absolute Gasteiger partial charge is 0.497 e. The number of methoxy groups -OCH3 is 1. The smallest absolute Gasteiger partial charge is 0.264 e. The summed E-state index contributed by atoms with van der Waals surface area (Å²) in [5, 5.41) is 3.20. The first kappa shape index (κ1) is 21.2. The molecule has 5 nitrogen and oxygen atoms in total. The first-order valence-corrected chi connectivity index (χ1v) is 10.7. The maximum atomic E-state index is 15.0. The van der Waals surface area contributed by atoms with Crippen LogP contribution >= 0.6 is 11.8 Å². The van der Waals surface area contributed by atoms with Gasteiger partial charge < -0.3 is 15.0 Å². The van der Waals surface area contributed by atoms with Crippen molar-refractivity contribution in [1.82, 2.24) is 5.32 Å². The minimum absolute atomic E-state index is 0.197. The number of likely N-dealkylation sites (N-methyl/N-ethyl adjacent to an activating group) is 1. The fourth-order valence-corrected chi connectivity index (χ4v) is 4.53. The quantitative estimate of drug-likeness (QED) is 0.657. The number of benzene rings is 2. The number of amides is 1. The van der Waals surface area contributed by atoms with Crippen molar-refractivity contribution >= 4 is 45.9 Å². The third-order valence-corrected chi connectivity index (χ3v) is 6.49. The van der Waals surface area contributed by atoms with Crippen molar-refractivity contribution in [3.8, 4) is 5.75 Å². The van der Waals surface area contributed by atoms with Crippen LogP contribution in [0.4, 0.5) is 15.8 Å². The number of ether oxygens (including phenoxy) is 1. The Kier molecular flexibility index (Phi) is 5.39. The lowest BCUT2D eigenvalue weighted by Crippen LogP contribution is -2.42. The van der Waals surface area contributed by atoms with E-state index < -0.39 is 0 Å². The van der Waals surface area contributed by atoms with Gasteiger partial charge in [0.15, 0.2) is 5.17 Å². The van der Waals surface area contributed by atoms with E-state index in [4.69, 9.17) is 4.74 Å². The van der Waals surface area contributed by atoms with Gasteiger partial charge in [0, 0.05) is 23.9 Å². The van der Waals surface area contributed by atoms with Crippen LogP contribution < -0.4 is 15.0 Å². The molecule has 2 aromatic carbocycles. The van der Waals surface area contributed by atoms with E-state index in [1.54, 1.807) is 43.5 Å². The van der Waals surface area contributed by atoms with E-state index in [1.807, 2.05) is 20.0 Å². The number of rotatable bonds is 3. The number of nitrogens with one attached hydrogen (secondary N) is 1. The second-order valence-electron chi connectivity index (χ2n) is 8.11. The predicted octanol–water partition coefficient (Wildman–Crippen LogP) is 5.36. The number of allylic oxidation sites excluding steroid dienone is 1. The molecule has 1 fully saturated rings. The van der Waals surface area contributed by atoms with Crippen molar-refractivity contribution in [2.75, 3.05) is 19.1 Å². The Hall–Kier alpha value is -3.06. The number of carbonyl (C=O) groups excluding carboxylic acids is 1. The summed E-state index contributed by atoms with van der Waals surface area (Å²) in [5.41, 5.74) is 3.76. The van der Waals surface area contributed by atoms with Gasteiger partial charge in [-0.15, -0.1) is 0 Å². The van der Waals surface area contributed by atoms with Gasteiger partial charge in [0.25, 0.3) is 5.91 Å². The number of aliphatic imine (C=N–C) groups is 1. The van der Waals surface area contributed by atoms with Crippen LogP contribution in [0.2, 0.25) is 0 Å². The molecule has 31 heavy (non-hydrogen) atoms. The molecule has 0 aromatic heterocycles. The Morgan fingerprint density at radius 3 is 2.61 bits per heavy atom. The van der Waals surface area contributed by atoms with Crippen LogP contribution in [0.3, 0.4) is 0 Å². The number of anilines is 1. The number of nitrogens with zero attached hydrogens (tertiary/aromatic N) is 2. The molecule has 0 spiro atoms. The number of carbonyl (C=O) groups is 1. The second-order valence-corrected chi connectivity index (χ2v) is 9.14. The van der Waals surface area contributed by atoms with Crippen molar-refractivity contribution in [2.24, 2.45) is 4.99 Å². The highest BCUT2D eigenvalue weighted by Crippen LogP contribution is 2.40. The van der Waals surface area contributed by atoms with Crippen LogP contribution in [-0.4, -0.2) is 30.8 Å². The monoisotopic (exact) mass is 437 g/mol. The Labute approximate surface area is 185 Å². The molecular weight excluding hydrogens is 413 g/mol. The highest BCUT2D eigenvalue weighted by molar-refractivity contribution is 8.18. The molecule has 1 amide bonds. The molecule has 0 bridgehead atoms. The first-order valence-electron chi connectivity index (χ1n) is 9.89. The summed E-state index contributed by atoms with van der Waals surface area (Å²) in [6, 6.07) is 10.6. The summed E-state index contributed by atoms with van der Waals surface area (Å²) in [7, 11) is 3.56. The molecule has 0 atom stereocenters. The van der Waals surface area contributed by atoms with Crippen molar-refractivity contribution in [3.05, 3.63) is 64.3 Å². The topological polar surface area (TPSA) is 53.9 Å². The second kappa shape index (κ2) is 7.89. The van der Waals surface area contributed by atoms with Crippen LogP contribution in [0.5, 0.6) is 5.75 Å². The van der Waals surface area contributed by atoms with E-state index in [0.29, 0.717) is 21.3 Å². The molecular formula is C24H24FN3O2S. The Morgan fingerprint density at radius 2 is 1.94 bits per heavy atom. The Morgan fingerprint density at radius 1 is 1.23 bits per heavy atom. The van der Waals surface area contributed by atoms with Crippen molar-refractivity contribution in [3.63, 3.8) is 0 Å². The number of amidine groups is 1. The summed E-state index contributed by atoms with van der Waals surface area (Å²) >= 11 is 1.19. The number of hydrogen-bond acceptors (Lipinski definition) is 5. The highest BCUT2D eigenvalue weighted by Gasteiger charge is 2.30. The summed E-state index contributed by atoms with van der Waals surface area (Å²) < 4.78 is 20.1.